The van der Waals surface area contributed by atoms with Gasteiger partial charge in [0, 0.05) is 12.6 Å². The van der Waals surface area contributed by atoms with Crippen LogP contribution in [0.15, 0.2) is 24.3 Å². The molecule has 1 aromatic carbocycles. The van der Waals surface area contributed by atoms with Crippen molar-refractivity contribution in [3.05, 3.63) is 35.4 Å². The number of hydrogen-bond acceptors (Lipinski definition) is 3. The third-order valence-electron chi connectivity index (χ3n) is 2.51. The number of carbonyl (C=O) groups is 3. The maximum Gasteiger partial charge on any atom is 0.323 e. The standard InChI is InChI=1S/C13H15NO4/c1-9(15)11-5-3-10(4-6-11)7-12(16)14(2)8-13(17)18/h3-6H,7-8H2,1-2H3,(H,17,18). The van der Waals surface area contributed by atoms with Crippen LogP contribution in [0.1, 0.15) is 22.8 Å². The van der Waals surface area contributed by atoms with Gasteiger partial charge in [-0.3, -0.25) is 14.4 Å². The van der Waals surface area contributed by atoms with E-state index in [0.717, 1.165) is 10.5 Å². The smallest absolute Gasteiger partial charge is 0.323 e. The van der Waals surface area contributed by atoms with Crippen molar-refractivity contribution in [3.8, 4) is 0 Å². The van der Waals surface area contributed by atoms with Crippen molar-refractivity contribution in [2.75, 3.05) is 13.6 Å². The van der Waals surface area contributed by atoms with Crippen LogP contribution in [0.25, 0.3) is 0 Å². The van der Waals surface area contributed by atoms with Crippen LogP contribution in [0, 0.1) is 0 Å². The molecule has 0 aliphatic heterocycles. The zero-order valence-electron chi connectivity index (χ0n) is 10.3. The fourth-order valence-electron chi connectivity index (χ4n) is 1.46. The molecule has 0 saturated heterocycles. The second-order valence-corrected chi connectivity index (χ2v) is 4.07. The van der Waals surface area contributed by atoms with E-state index >= 15 is 0 Å². The molecular weight excluding hydrogens is 234 g/mol. The van der Waals surface area contributed by atoms with E-state index in [0.29, 0.717) is 5.56 Å². The van der Waals surface area contributed by atoms with Crippen LogP contribution in [0.4, 0.5) is 0 Å². The first-order valence-electron chi connectivity index (χ1n) is 5.46. The molecule has 0 atom stereocenters. The van der Waals surface area contributed by atoms with Crippen molar-refractivity contribution < 1.29 is 19.5 Å². The van der Waals surface area contributed by atoms with E-state index in [1.807, 2.05) is 0 Å². The van der Waals surface area contributed by atoms with Gasteiger partial charge in [-0.25, -0.2) is 0 Å². The topological polar surface area (TPSA) is 74.7 Å². The number of carbonyl (C=O) groups excluding carboxylic acids is 2. The predicted octanol–water partition coefficient (Wildman–Crippen LogP) is 0.975. The van der Waals surface area contributed by atoms with Gasteiger partial charge in [0.2, 0.25) is 5.91 Å². The minimum atomic E-state index is -1.04. The van der Waals surface area contributed by atoms with Crippen molar-refractivity contribution in [3.63, 3.8) is 0 Å². The van der Waals surface area contributed by atoms with Gasteiger partial charge in [0.25, 0.3) is 0 Å². The fraction of sp³-hybridized carbons (Fsp3) is 0.308. The number of carboxylic acid groups (broad SMARTS) is 1. The monoisotopic (exact) mass is 249 g/mol. The Kier molecular flexibility index (Phi) is 4.59. The number of amides is 1. The van der Waals surface area contributed by atoms with Gasteiger partial charge in [-0.1, -0.05) is 24.3 Å². The number of hydrogen-bond donors (Lipinski definition) is 1. The number of nitrogens with zero attached hydrogens (tertiary/aromatic N) is 1. The third kappa shape index (κ3) is 4.01. The summed E-state index contributed by atoms with van der Waals surface area (Å²) in [7, 11) is 1.44. The van der Waals surface area contributed by atoms with Gasteiger partial charge in [-0.15, -0.1) is 0 Å². The van der Waals surface area contributed by atoms with Crippen LogP contribution in [0.2, 0.25) is 0 Å². The molecule has 1 rings (SSSR count). The molecule has 1 amide bonds. The third-order valence-corrected chi connectivity index (χ3v) is 2.51. The van der Waals surface area contributed by atoms with E-state index in [9.17, 15) is 14.4 Å². The highest BCUT2D eigenvalue weighted by molar-refractivity contribution is 5.94. The lowest BCUT2D eigenvalue weighted by molar-refractivity contribution is -0.143. The van der Waals surface area contributed by atoms with Crippen molar-refractivity contribution in [1.82, 2.24) is 4.90 Å². The van der Waals surface area contributed by atoms with Gasteiger partial charge in [0.15, 0.2) is 5.78 Å². The van der Waals surface area contributed by atoms with Crippen molar-refractivity contribution in [2.24, 2.45) is 0 Å². The van der Waals surface area contributed by atoms with E-state index < -0.39 is 5.97 Å². The predicted molar refractivity (Wildman–Crippen MR) is 65.4 cm³/mol. The van der Waals surface area contributed by atoms with E-state index in [4.69, 9.17) is 5.11 Å². The largest absolute Gasteiger partial charge is 0.480 e. The molecule has 0 heterocycles. The quantitative estimate of drug-likeness (QED) is 0.789. The number of likely N-dealkylation sites (N-methyl/N-ethyl adjacent to an activating group) is 1. The molecule has 0 aromatic heterocycles. The summed E-state index contributed by atoms with van der Waals surface area (Å²) < 4.78 is 0. The number of aliphatic carboxylic acids is 1. The molecule has 0 saturated carbocycles. The first-order chi connectivity index (χ1) is 8.40. The average molecular weight is 249 g/mol. The lowest BCUT2D eigenvalue weighted by Crippen LogP contribution is -2.33. The molecule has 0 aliphatic rings. The van der Waals surface area contributed by atoms with E-state index in [-0.39, 0.29) is 24.7 Å². The van der Waals surface area contributed by atoms with Gasteiger partial charge >= 0.3 is 5.97 Å². The Bertz CT molecular complexity index is 464. The number of carboxylic acids is 1. The highest BCUT2D eigenvalue weighted by Gasteiger charge is 2.12. The van der Waals surface area contributed by atoms with Gasteiger partial charge < -0.3 is 10.0 Å². The summed E-state index contributed by atoms with van der Waals surface area (Å²) >= 11 is 0. The zero-order chi connectivity index (χ0) is 13.7. The highest BCUT2D eigenvalue weighted by atomic mass is 16.4. The van der Waals surface area contributed by atoms with Gasteiger partial charge in [0.05, 0.1) is 6.42 Å². The molecule has 0 aliphatic carbocycles. The Balaban J connectivity index is 2.64. The molecule has 0 radical (unpaired) electrons. The second-order valence-electron chi connectivity index (χ2n) is 4.07. The molecule has 5 nitrogen and oxygen atoms in total. The molecule has 18 heavy (non-hydrogen) atoms. The maximum absolute atomic E-state index is 11.7. The summed E-state index contributed by atoms with van der Waals surface area (Å²) in [4.78, 5) is 34.3. The first kappa shape index (κ1) is 13.9. The number of benzene rings is 1. The molecule has 0 unspecified atom stereocenters. The Hall–Kier alpha value is -2.17. The van der Waals surface area contributed by atoms with Gasteiger partial charge in [-0.2, -0.15) is 0 Å². The van der Waals surface area contributed by atoms with Gasteiger partial charge in [0.1, 0.15) is 6.54 Å². The molecule has 0 bridgehead atoms. The zero-order valence-corrected chi connectivity index (χ0v) is 10.3. The van der Waals surface area contributed by atoms with Crippen molar-refractivity contribution in [1.29, 1.82) is 0 Å². The van der Waals surface area contributed by atoms with E-state index in [1.165, 1.54) is 14.0 Å². The maximum atomic E-state index is 11.7. The van der Waals surface area contributed by atoms with Crippen LogP contribution >= 0.6 is 0 Å². The normalized spacial score (nSPS) is 9.89. The Morgan fingerprint density at radius 1 is 1.17 bits per heavy atom. The molecule has 96 valence electrons. The Labute approximate surface area is 105 Å². The van der Waals surface area contributed by atoms with Gasteiger partial charge in [-0.05, 0) is 12.5 Å². The lowest BCUT2D eigenvalue weighted by atomic mass is 10.1. The SMILES string of the molecule is CC(=O)c1ccc(CC(=O)N(C)CC(=O)O)cc1. The summed E-state index contributed by atoms with van der Waals surface area (Å²) in [5, 5.41) is 8.56. The summed E-state index contributed by atoms with van der Waals surface area (Å²) in [5.41, 5.74) is 1.34. The molecule has 5 heteroatoms. The summed E-state index contributed by atoms with van der Waals surface area (Å²) in [6.07, 6.45) is 0.127. The summed E-state index contributed by atoms with van der Waals surface area (Å²) in [6, 6.07) is 6.71. The van der Waals surface area contributed by atoms with Crippen LogP contribution in [0.5, 0.6) is 0 Å². The lowest BCUT2D eigenvalue weighted by Gasteiger charge is -2.14. The molecule has 0 spiro atoms. The van der Waals surface area contributed by atoms with Crippen LogP contribution < -0.4 is 0 Å². The van der Waals surface area contributed by atoms with E-state index in [1.54, 1.807) is 24.3 Å². The summed E-state index contributed by atoms with van der Waals surface area (Å²) in [5.74, 6) is -1.35. The van der Waals surface area contributed by atoms with Crippen molar-refractivity contribution in [2.45, 2.75) is 13.3 Å². The molecule has 1 aromatic rings. The molecular formula is C13H15NO4. The molecule has 1 N–H and O–H groups in total. The average Bonchev–Trinajstić information content (AvgIpc) is 2.28. The Morgan fingerprint density at radius 3 is 2.17 bits per heavy atom. The minimum absolute atomic E-state index is 0.0316. The minimum Gasteiger partial charge on any atom is -0.480 e. The van der Waals surface area contributed by atoms with Crippen LogP contribution in [-0.4, -0.2) is 41.3 Å². The second kappa shape index (κ2) is 5.95. The Morgan fingerprint density at radius 2 is 1.72 bits per heavy atom. The number of Topliss-reactive ketones (excluding diaryl/α,β-unsaturated/α-hetero) is 1. The van der Waals surface area contributed by atoms with Crippen LogP contribution in [-0.2, 0) is 16.0 Å². The molecule has 0 fully saturated rings. The first-order valence-corrected chi connectivity index (χ1v) is 5.46. The van der Waals surface area contributed by atoms with Crippen LogP contribution in [0.3, 0.4) is 0 Å². The highest BCUT2D eigenvalue weighted by Crippen LogP contribution is 2.07. The fourth-order valence-corrected chi connectivity index (χ4v) is 1.46. The number of ketones is 1. The van der Waals surface area contributed by atoms with E-state index in [2.05, 4.69) is 0 Å². The van der Waals surface area contributed by atoms with Crippen molar-refractivity contribution >= 4 is 17.7 Å². The number of rotatable bonds is 5. The summed E-state index contributed by atoms with van der Waals surface area (Å²) in [6.45, 7) is 1.16.